The number of rotatable bonds is 5. The minimum absolute atomic E-state index is 0.121. The van der Waals surface area contributed by atoms with Gasteiger partial charge >= 0.3 is 0 Å². The molecule has 6 heteroatoms. The smallest absolute Gasteiger partial charge is 0.249 e. The Labute approximate surface area is 151 Å². The molecule has 2 aromatic rings. The fourth-order valence-electron chi connectivity index (χ4n) is 2.99. The van der Waals surface area contributed by atoms with E-state index in [0.29, 0.717) is 18.0 Å². The first-order valence-electron chi connectivity index (χ1n) is 8.21. The number of carbonyl (C=O) groups is 2. The second-order valence-corrected chi connectivity index (χ2v) is 6.54. The van der Waals surface area contributed by atoms with Crippen LogP contribution < -0.4 is 16.0 Å². The highest BCUT2D eigenvalue weighted by atomic mass is 35.5. The van der Waals surface area contributed by atoms with Crippen molar-refractivity contribution in [1.82, 2.24) is 5.32 Å². The van der Waals surface area contributed by atoms with Crippen LogP contribution in [0.15, 0.2) is 54.6 Å². The average molecular weight is 358 g/mol. The molecule has 130 valence electrons. The Kier molecular flexibility index (Phi) is 5.36. The van der Waals surface area contributed by atoms with Crippen LogP contribution in [0.5, 0.6) is 0 Å². The molecule has 1 heterocycles. The summed E-state index contributed by atoms with van der Waals surface area (Å²) in [7, 11) is 0. The zero-order valence-corrected chi connectivity index (χ0v) is 14.4. The molecule has 1 saturated heterocycles. The number of benzene rings is 2. The van der Waals surface area contributed by atoms with Crippen LogP contribution in [0.4, 0.5) is 5.69 Å². The number of hydrogen-bond donors (Lipinski definition) is 2. The summed E-state index contributed by atoms with van der Waals surface area (Å²) in [6.45, 7) is 0.550. The molecule has 2 unspecified atom stereocenters. The van der Waals surface area contributed by atoms with Gasteiger partial charge < -0.3 is 16.0 Å². The van der Waals surface area contributed by atoms with E-state index >= 15 is 0 Å². The zero-order chi connectivity index (χ0) is 17.8. The topological polar surface area (TPSA) is 75.4 Å². The van der Waals surface area contributed by atoms with Crippen LogP contribution in [0.1, 0.15) is 24.4 Å². The molecule has 0 aromatic heterocycles. The maximum Gasteiger partial charge on any atom is 0.249 e. The number of amides is 2. The van der Waals surface area contributed by atoms with Gasteiger partial charge in [-0.1, -0.05) is 48.0 Å². The van der Waals surface area contributed by atoms with Crippen molar-refractivity contribution in [3.63, 3.8) is 0 Å². The molecule has 25 heavy (non-hydrogen) atoms. The number of carbonyl (C=O) groups excluding carboxylic acids is 2. The molecular formula is C19H20ClN3O2. The maximum atomic E-state index is 12.5. The van der Waals surface area contributed by atoms with Crippen LogP contribution in [0, 0.1) is 0 Å². The van der Waals surface area contributed by atoms with Crippen molar-refractivity contribution in [3.8, 4) is 0 Å². The van der Waals surface area contributed by atoms with Gasteiger partial charge in [-0.2, -0.15) is 0 Å². The standard InChI is InChI=1S/C19H20ClN3O2/c20-14-7-4-8-15(11-14)23-10-9-17(19(23)25)22-18(24)12-16(21)13-5-2-1-3-6-13/h1-8,11,16-17H,9-10,12,21H2,(H,22,24). The molecule has 0 bridgehead atoms. The van der Waals surface area contributed by atoms with E-state index in [4.69, 9.17) is 17.3 Å². The van der Waals surface area contributed by atoms with Gasteiger partial charge in [0.05, 0.1) is 0 Å². The maximum absolute atomic E-state index is 12.5. The summed E-state index contributed by atoms with van der Waals surface area (Å²) in [5, 5.41) is 3.38. The summed E-state index contributed by atoms with van der Waals surface area (Å²) < 4.78 is 0. The van der Waals surface area contributed by atoms with Crippen LogP contribution in [0.3, 0.4) is 0 Å². The van der Waals surface area contributed by atoms with E-state index in [2.05, 4.69) is 5.32 Å². The normalized spacial score (nSPS) is 18.2. The zero-order valence-electron chi connectivity index (χ0n) is 13.7. The third-order valence-electron chi connectivity index (χ3n) is 4.29. The largest absolute Gasteiger partial charge is 0.344 e. The minimum atomic E-state index is -0.519. The van der Waals surface area contributed by atoms with E-state index in [9.17, 15) is 9.59 Å². The van der Waals surface area contributed by atoms with Crippen molar-refractivity contribution in [2.24, 2.45) is 5.73 Å². The Balaban J connectivity index is 1.58. The molecule has 0 radical (unpaired) electrons. The minimum Gasteiger partial charge on any atom is -0.344 e. The molecule has 0 saturated carbocycles. The predicted molar refractivity (Wildman–Crippen MR) is 98.3 cm³/mol. The first-order valence-corrected chi connectivity index (χ1v) is 8.59. The second kappa shape index (κ2) is 7.68. The second-order valence-electron chi connectivity index (χ2n) is 6.10. The van der Waals surface area contributed by atoms with Crippen molar-refractivity contribution >= 4 is 29.1 Å². The summed E-state index contributed by atoms with van der Waals surface area (Å²) in [4.78, 5) is 26.4. The van der Waals surface area contributed by atoms with Crippen LogP contribution in [-0.2, 0) is 9.59 Å². The molecule has 2 aromatic carbocycles. The predicted octanol–water partition coefficient (Wildman–Crippen LogP) is 2.65. The van der Waals surface area contributed by atoms with Gasteiger partial charge in [0.2, 0.25) is 11.8 Å². The molecule has 5 nitrogen and oxygen atoms in total. The van der Waals surface area contributed by atoms with Gasteiger partial charge in [-0.15, -0.1) is 0 Å². The van der Waals surface area contributed by atoms with Crippen LogP contribution in [0.2, 0.25) is 5.02 Å². The van der Waals surface area contributed by atoms with E-state index in [0.717, 1.165) is 11.3 Å². The van der Waals surface area contributed by atoms with Crippen LogP contribution in [0.25, 0.3) is 0 Å². The fourth-order valence-corrected chi connectivity index (χ4v) is 3.17. The Bertz CT molecular complexity index is 766. The van der Waals surface area contributed by atoms with Crippen molar-refractivity contribution in [2.45, 2.75) is 24.9 Å². The number of anilines is 1. The van der Waals surface area contributed by atoms with Crippen LogP contribution >= 0.6 is 11.6 Å². The molecule has 0 aliphatic carbocycles. The number of nitrogens with one attached hydrogen (secondary N) is 1. The number of nitrogens with two attached hydrogens (primary N) is 1. The first kappa shape index (κ1) is 17.5. The summed E-state index contributed by atoms with van der Waals surface area (Å²) in [5.41, 5.74) is 7.71. The Morgan fingerprint density at radius 3 is 2.72 bits per heavy atom. The molecular weight excluding hydrogens is 338 g/mol. The Morgan fingerprint density at radius 1 is 1.24 bits per heavy atom. The monoisotopic (exact) mass is 357 g/mol. The van der Waals surface area contributed by atoms with Gasteiger partial charge in [0.1, 0.15) is 6.04 Å². The average Bonchev–Trinajstić information content (AvgIpc) is 2.96. The van der Waals surface area contributed by atoms with Crippen molar-refractivity contribution in [2.75, 3.05) is 11.4 Å². The Morgan fingerprint density at radius 2 is 2.00 bits per heavy atom. The van der Waals surface area contributed by atoms with Crippen molar-refractivity contribution in [1.29, 1.82) is 0 Å². The summed E-state index contributed by atoms with van der Waals surface area (Å²) >= 11 is 5.99. The molecule has 2 atom stereocenters. The molecule has 1 aliphatic heterocycles. The lowest BCUT2D eigenvalue weighted by Crippen LogP contribution is -2.42. The summed E-state index contributed by atoms with van der Waals surface area (Å²) in [6.07, 6.45) is 0.711. The van der Waals surface area contributed by atoms with Gasteiger partial charge in [-0.3, -0.25) is 9.59 Å². The summed E-state index contributed by atoms with van der Waals surface area (Å²) in [6, 6.07) is 15.7. The van der Waals surface area contributed by atoms with E-state index in [-0.39, 0.29) is 24.3 Å². The lowest BCUT2D eigenvalue weighted by Gasteiger charge is -2.18. The van der Waals surface area contributed by atoms with Gasteiger partial charge in [0.15, 0.2) is 0 Å². The quantitative estimate of drug-likeness (QED) is 0.863. The highest BCUT2D eigenvalue weighted by molar-refractivity contribution is 6.31. The number of hydrogen-bond acceptors (Lipinski definition) is 3. The molecule has 2 amide bonds. The van der Waals surface area contributed by atoms with E-state index < -0.39 is 6.04 Å². The third-order valence-corrected chi connectivity index (χ3v) is 4.53. The van der Waals surface area contributed by atoms with Crippen LogP contribution in [-0.4, -0.2) is 24.4 Å². The van der Waals surface area contributed by atoms with Gasteiger partial charge in [-0.05, 0) is 30.2 Å². The summed E-state index contributed by atoms with van der Waals surface area (Å²) in [5.74, 6) is -0.341. The molecule has 3 rings (SSSR count). The first-order chi connectivity index (χ1) is 12.0. The Hall–Kier alpha value is -2.37. The third kappa shape index (κ3) is 4.18. The van der Waals surface area contributed by atoms with E-state index in [1.807, 2.05) is 36.4 Å². The SMILES string of the molecule is NC(CC(=O)NC1CCN(c2cccc(Cl)c2)C1=O)c1ccccc1. The van der Waals surface area contributed by atoms with Crippen molar-refractivity contribution in [3.05, 3.63) is 65.2 Å². The number of nitrogens with zero attached hydrogens (tertiary/aromatic N) is 1. The molecule has 1 aliphatic rings. The van der Waals surface area contributed by atoms with Gasteiger partial charge in [0.25, 0.3) is 0 Å². The number of halogens is 1. The van der Waals surface area contributed by atoms with E-state index in [1.165, 1.54) is 0 Å². The lowest BCUT2D eigenvalue weighted by atomic mass is 10.0. The fraction of sp³-hybridized carbons (Fsp3) is 0.263. The molecule has 3 N–H and O–H groups in total. The van der Waals surface area contributed by atoms with Gasteiger partial charge in [0, 0.05) is 29.7 Å². The highest BCUT2D eigenvalue weighted by Crippen LogP contribution is 2.24. The van der Waals surface area contributed by atoms with Crippen molar-refractivity contribution < 1.29 is 9.59 Å². The lowest BCUT2D eigenvalue weighted by molar-refractivity contribution is -0.126. The molecule has 1 fully saturated rings. The highest BCUT2D eigenvalue weighted by Gasteiger charge is 2.33. The van der Waals surface area contributed by atoms with E-state index in [1.54, 1.807) is 23.1 Å². The van der Waals surface area contributed by atoms with Gasteiger partial charge in [-0.25, -0.2) is 0 Å². The molecule has 0 spiro atoms.